The number of pyridine rings is 4. The van der Waals surface area contributed by atoms with Gasteiger partial charge in [0.2, 0.25) is 0 Å². The van der Waals surface area contributed by atoms with Gasteiger partial charge < -0.3 is 29.7 Å². The molecule has 10 aromatic rings. The standard InChI is InChI=1S/C17H17NS.C17H16NS.2C15H16N.CHF3O3S.2CH4O.CH4.2Ir/c2*1-17(2,3)13-6-4-12(5-7-13)16-14-9-11-19-15(14)8-10-18-16;2*1-15(2,3)13-9-7-12(8-10-13)14-6-4-5-11-16-14;2-1(3,4)8(5,6)7;2*1-2;;;/h4-11H,1-3H3;4,6-11H,1-3H3;2*4-7,9-11H,1-3H3;(H,5,6,7);2*2H,1H3;1H4;;/q;3*-1;;;;;;/p-1. The average Bonchev–Trinajstić information content (AvgIpc) is 4.34. The van der Waals surface area contributed by atoms with Crippen LogP contribution in [0.1, 0.15) is 113 Å². The van der Waals surface area contributed by atoms with Crippen LogP contribution in [0.15, 0.2) is 175 Å². The molecule has 0 saturated heterocycles. The van der Waals surface area contributed by atoms with E-state index in [0.29, 0.717) is 0 Å². The quantitative estimate of drug-likeness (QED) is 0.0997. The first kappa shape index (κ1) is 77.3. The molecule has 6 heterocycles. The predicted molar refractivity (Wildman–Crippen MR) is 340 cm³/mol. The van der Waals surface area contributed by atoms with Crippen LogP contribution in [0.2, 0.25) is 0 Å². The number of nitrogens with zero attached hydrogens (tertiary/aromatic N) is 4. The Morgan fingerprint density at radius 1 is 0.435 bits per heavy atom. The molecule has 0 fully saturated rings. The second-order valence-corrected chi connectivity index (χ2v) is 25.6. The van der Waals surface area contributed by atoms with Crippen LogP contribution in [0, 0.1) is 18.2 Å². The van der Waals surface area contributed by atoms with Crippen LogP contribution in [0.5, 0.6) is 0 Å². The molecule has 6 aromatic heterocycles. The zero-order valence-electron chi connectivity index (χ0n) is 49.7. The SMILES string of the molecule is C.CC(C)(C)c1c[c-]c(-c2ccccn2)cc1.CC(C)(C)c1c[c-]c(-c2ccccn2)cc1.CC(C)(C)c1c[c-]c(-c2nccc3sccc23)cc1.CC(C)(C)c1ccc(-c2nccc3sccc23)cc1.CO.CO.O=S(=O)([O-])C(F)(F)F.[Ir].[Ir]. The maximum Gasteiger partial charge on any atom is 0.485 e. The third-order valence-corrected chi connectivity index (χ3v) is 14.6. The van der Waals surface area contributed by atoms with Crippen molar-refractivity contribution in [1.82, 2.24) is 19.9 Å². The molecule has 2 radical (unpaired) electrons. The van der Waals surface area contributed by atoms with Gasteiger partial charge in [0.1, 0.15) is 0 Å². The molecule has 0 unspecified atom stereocenters. The monoisotopic (exact) mass is 1570 g/mol. The van der Waals surface area contributed by atoms with Gasteiger partial charge in [0.15, 0.2) is 10.1 Å². The molecule has 17 heteroatoms. The molecule has 0 aliphatic carbocycles. The van der Waals surface area contributed by atoms with Crippen molar-refractivity contribution in [3.05, 3.63) is 216 Å². The second kappa shape index (κ2) is 34.6. The molecular weight excluding hydrogens is 1490 g/mol. The van der Waals surface area contributed by atoms with Crippen molar-refractivity contribution in [3.8, 4) is 45.0 Å². The fourth-order valence-electron chi connectivity index (χ4n) is 7.55. The van der Waals surface area contributed by atoms with Gasteiger partial charge in [-0.3, -0.25) is 4.98 Å². The molecule has 0 aliphatic rings. The summed E-state index contributed by atoms with van der Waals surface area (Å²) in [7, 11) is -4.09. The zero-order valence-corrected chi connectivity index (χ0v) is 56.9. The number of thiophene rings is 2. The van der Waals surface area contributed by atoms with Crippen molar-refractivity contribution in [2.75, 3.05) is 14.2 Å². The number of rotatable bonds is 4. The van der Waals surface area contributed by atoms with E-state index in [1.54, 1.807) is 35.1 Å². The molecule has 0 amide bonds. The van der Waals surface area contributed by atoms with Crippen LogP contribution < -0.4 is 0 Å². The summed E-state index contributed by atoms with van der Waals surface area (Å²) in [5, 5.41) is 20.7. The maximum atomic E-state index is 10.7. The molecule has 9 nitrogen and oxygen atoms in total. The number of aliphatic hydroxyl groups excluding tert-OH is 2. The average molecular weight is 1570 g/mol. The van der Waals surface area contributed by atoms with E-state index in [1.165, 1.54) is 48.0 Å². The van der Waals surface area contributed by atoms with Crippen LogP contribution >= 0.6 is 22.7 Å². The van der Waals surface area contributed by atoms with Gasteiger partial charge in [0.05, 0.1) is 5.69 Å². The van der Waals surface area contributed by atoms with E-state index in [9.17, 15) is 13.2 Å². The molecule has 2 N–H and O–H groups in total. The molecule has 0 bridgehead atoms. The number of alkyl halides is 3. The van der Waals surface area contributed by atoms with E-state index in [4.69, 9.17) is 23.2 Å². The van der Waals surface area contributed by atoms with E-state index in [0.717, 1.165) is 53.7 Å². The first-order valence-corrected chi connectivity index (χ1v) is 29.2. The molecule has 85 heavy (non-hydrogen) atoms. The van der Waals surface area contributed by atoms with E-state index < -0.39 is 15.6 Å². The van der Waals surface area contributed by atoms with Crippen molar-refractivity contribution in [1.29, 1.82) is 0 Å². The summed E-state index contributed by atoms with van der Waals surface area (Å²) in [6.07, 6.45) is 7.38. The summed E-state index contributed by atoms with van der Waals surface area (Å²) < 4.78 is 61.5. The number of aromatic nitrogens is 4. The number of aliphatic hydroxyl groups is 2. The summed E-state index contributed by atoms with van der Waals surface area (Å²) >= 11 is 3.51. The Morgan fingerprint density at radius 3 is 1.07 bits per heavy atom. The Kier molecular flexibility index (Phi) is 31.5. The van der Waals surface area contributed by atoms with E-state index >= 15 is 0 Å². The second-order valence-electron chi connectivity index (χ2n) is 22.4. The topological polar surface area (TPSA) is 149 Å². The Labute approximate surface area is 537 Å². The van der Waals surface area contributed by atoms with Gasteiger partial charge in [-0.1, -0.05) is 145 Å². The summed E-state index contributed by atoms with van der Waals surface area (Å²) in [6.45, 7) is 26.6. The smallest absolute Gasteiger partial charge is 0.485 e. The Bertz CT molecular complexity index is 3380. The fraction of sp³-hybridized carbons (Fsp3) is 0.294. The minimum Gasteiger partial charge on any atom is -0.741 e. The minimum atomic E-state index is -6.09. The van der Waals surface area contributed by atoms with Gasteiger partial charge in [-0.15, -0.1) is 129 Å². The predicted octanol–water partition coefficient (Wildman–Crippen LogP) is 17.9. The normalized spacial score (nSPS) is 11.1. The van der Waals surface area contributed by atoms with Crippen molar-refractivity contribution in [2.24, 2.45) is 0 Å². The van der Waals surface area contributed by atoms with Crippen LogP contribution in [0.3, 0.4) is 0 Å². The van der Waals surface area contributed by atoms with E-state index in [-0.39, 0.29) is 69.3 Å². The summed E-state index contributed by atoms with van der Waals surface area (Å²) in [5.74, 6) is 0. The van der Waals surface area contributed by atoms with Crippen molar-refractivity contribution >= 4 is 53.0 Å². The molecule has 0 saturated carbocycles. The maximum absolute atomic E-state index is 10.7. The van der Waals surface area contributed by atoms with E-state index in [1.807, 2.05) is 48.8 Å². The minimum absolute atomic E-state index is 0. The molecular formula is C68H77F3Ir2N4O5S3-4. The number of fused-ring (bicyclic) bond motifs is 2. The first-order valence-electron chi connectivity index (χ1n) is 26.1. The molecule has 460 valence electrons. The van der Waals surface area contributed by atoms with Crippen LogP contribution in [-0.2, 0) is 72.0 Å². The van der Waals surface area contributed by atoms with Crippen LogP contribution in [0.25, 0.3) is 65.2 Å². The molecule has 4 aromatic carbocycles. The van der Waals surface area contributed by atoms with Crippen molar-refractivity contribution in [2.45, 2.75) is 118 Å². The van der Waals surface area contributed by atoms with Crippen molar-refractivity contribution < 1.29 is 76.6 Å². The van der Waals surface area contributed by atoms with Gasteiger partial charge in [-0.2, -0.15) is 13.2 Å². The van der Waals surface area contributed by atoms with Crippen LogP contribution in [-0.4, -0.2) is 62.8 Å². The van der Waals surface area contributed by atoms with Gasteiger partial charge in [-0.25, -0.2) is 8.42 Å². The Balaban J connectivity index is 0.000000529. The third-order valence-electron chi connectivity index (χ3n) is 12.2. The fourth-order valence-corrected chi connectivity index (χ4v) is 9.11. The van der Waals surface area contributed by atoms with Crippen LogP contribution in [0.4, 0.5) is 13.2 Å². The number of hydrogen-bond acceptors (Lipinski definition) is 11. The largest absolute Gasteiger partial charge is 0.741 e. The number of hydrogen-bond donors (Lipinski definition) is 2. The van der Waals surface area contributed by atoms with Gasteiger partial charge in [-0.05, 0) is 90.8 Å². The summed E-state index contributed by atoms with van der Waals surface area (Å²) in [6, 6.07) is 58.0. The Hall–Kier alpha value is -5.68. The third kappa shape index (κ3) is 23.5. The molecule has 0 aliphatic heterocycles. The molecule has 0 atom stereocenters. The Morgan fingerprint density at radius 2 is 0.765 bits per heavy atom. The van der Waals surface area contributed by atoms with Gasteiger partial charge >= 0.3 is 5.51 Å². The van der Waals surface area contributed by atoms with Gasteiger partial charge in [0.25, 0.3) is 0 Å². The molecule has 10 rings (SSSR count). The zero-order chi connectivity index (χ0) is 61.1. The summed E-state index contributed by atoms with van der Waals surface area (Å²) in [4.78, 5) is 17.7. The number of benzene rings is 4. The van der Waals surface area contributed by atoms with Gasteiger partial charge in [0, 0.05) is 99.6 Å². The summed E-state index contributed by atoms with van der Waals surface area (Å²) in [5.41, 5.74) is 8.74. The van der Waals surface area contributed by atoms with Crippen molar-refractivity contribution in [3.63, 3.8) is 0 Å². The number of halogens is 3. The van der Waals surface area contributed by atoms with E-state index in [2.05, 4.69) is 235 Å². The molecule has 0 spiro atoms. The first-order chi connectivity index (χ1) is 38.5.